The van der Waals surface area contributed by atoms with E-state index in [4.69, 9.17) is 4.42 Å². The quantitative estimate of drug-likeness (QED) is 0.405. The van der Waals surface area contributed by atoms with Gasteiger partial charge in [-0.25, -0.2) is 4.98 Å². The number of oxazole rings is 1. The van der Waals surface area contributed by atoms with Crippen LogP contribution >= 0.6 is 22.6 Å². The molecule has 0 saturated heterocycles. The van der Waals surface area contributed by atoms with Gasteiger partial charge in [0.2, 0.25) is 11.8 Å². The van der Waals surface area contributed by atoms with Crippen LogP contribution in [0.4, 0.5) is 5.69 Å². The number of fused-ring (bicyclic) bond motifs is 1. The zero-order chi connectivity index (χ0) is 16.9. The number of nitrogens with one attached hydrogen (secondary N) is 1. The second kappa shape index (κ2) is 7.79. The first-order valence-electron chi connectivity index (χ1n) is 8.12. The largest absolute Gasteiger partial charge is 0.436 e. The molecular formula is C19H19IN2O2. The fourth-order valence-corrected chi connectivity index (χ4v) is 3.05. The summed E-state index contributed by atoms with van der Waals surface area (Å²) in [5, 5.41) is 2.93. The van der Waals surface area contributed by atoms with Crippen molar-refractivity contribution in [3.05, 3.63) is 46.0 Å². The first kappa shape index (κ1) is 17.0. The van der Waals surface area contributed by atoms with Crippen LogP contribution in [-0.4, -0.2) is 10.9 Å². The van der Waals surface area contributed by atoms with Crippen molar-refractivity contribution in [2.24, 2.45) is 0 Å². The molecule has 1 amide bonds. The number of halogens is 1. The minimum atomic E-state index is 0.0455. The molecule has 0 spiro atoms. The average molecular weight is 434 g/mol. The Morgan fingerprint density at radius 1 is 1.21 bits per heavy atom. The van der Waals surface area contributed by atoms with E-state index in [1.54, 1.807) is 0 Å². The SMILES string of the molecule is CCCCCC(=O)Nc1ccc2oc(-c3cccc(I)c3)nc2c1. The molecular weight excluding hydrogens is 415 g/mol. The highest BCUT2D eigenvalue weighted by Gasteiger charge is 2.10. The number of rotatable bonds is 6. The number of aromatic nitrogens is 1. The highest BCUT2D eigenvalue weighted by atomic mass is 127. The van der Waals surface area contributed by atoms with Gasteiger partial charge in [-0.1, -0.05) is 25.8 Å². The molecule has 1 N–H and O–H groups in total. The summed E-state index contributed by atoms with van der Waals surface area (Å²) in [6.07, 6.45) is 3.66. The van der Waals surface area contributed by atoms with Crippen molar-refractivity contribution in [2.45, 2.75) is 32.6 Å². The molecule has 0 radical (unpaired) electrons. The van der Waals surface area contributed by atoms with Gasteiger partial charge in [-0.05, 0) is 65.4 Å². The summed E-state index contributed by atoms with van der Waals surface area (Å²) in [5.74, 6) is 0.638. The third-order valence-electron chi connectivity index (χ3n) is 3.75. The van der Waals surface area contributed by atoms with Gasteiger partial charge >= 0.3 is 0 Å². The second-order valence-electron chi connectivity index (χ2n) is 5.72. The van der Waals surface area contributed by atoms with E-state index < -0.39 is 0 Å². The van der Waals surface area contributed by atoms with Crippen molar-refractivity contribution >= 4 is 45.3 Å². The van der Waals surface area contributed by atoms with Crippen molar-refractivity contribution in [1.82, 2.24) is 4.98 Å². The first-order valence-corrected chi connectivity index (χ1v) is 9.20. The Labute approximate surface area is 154 Å². The summed E-state index contributed by atoms with van der Waals surface area (Å²) >= 11 is 2.27. The Balaban J connectivity index is 1.78. The molecule has 1 heterocycles. The normalized spacial score (nSPS) is 10.9. The Hall–Kier alpha value is -1.89. The lowest BCUT2D eigenvalue weighted by Gasteiger charge is -2.04. The van der Waals surface area contributed by atoms with Gasteiger partial charge in [0.25, 0.3) is 0 Å². The number of unbranched alkanes of at least 4 members (excludes halogenated alkanes) is 2. The van der Waals surface area contributed by atoms with Gasteiger partial charge in [0.05, 0.1) is 0 Å². The lowest BCUT2D eigenvalue weighted by atomic mass is 10.2. The standard InChI is InChI=1S/C19H19IN2O2/c1-2-3-4-8-18(23)21-15-9-10-17-16(12-15)22-19(24-17)13-6-5-7-14(20)11-13/h5-7,9-12H,2-4,8H2,1H3,(H,21,23). The van der Waals surface area contributed by atoms with Gasteiger partial charge in [-0.2, -0.15) is 0 Å². The molecule has 0 aliphatic heterocycles. The van der Waals surface area contributed by atoms with E-state index in [0.29, 0.717) is 17.9 Å². The van der Waals surface area contributed by atoms with E-state index in [2.05, 4.69) is 39.8 Å². The van der Waals surface area contributed by atoms with Crippen LogP contribution in [0.1, 0.15) is 32.6 Å². The maximum Gasteiger partial charge on any atom is 0.227 e. The van der Waals surface area contributed by atoms with Crippen LogP contribution in [0.25, 0.3) is 22.6 Å². The molecule has 5 heteroatoms. The summed E-state index contributed by atoms with van der Waals surface area (Å²) in [4.78, 5) is 16.5. The summed E-state index contributed by atoms with van der Waals surface area (Å²) in [6, 6.07) is 13.6. The molecule has 2 aromatic carbocycles. The molecule has 0 aliphatic rings. The van der Waals surface area contributed by atoms with E-state index in [9.17, 15) is 4.79 Å². The molecule has 0 atom stereocenters. The molecule has 124 valence electrons. The van der Waals surface area contributed by atoms with Crippen LogP contribution in [0.3, 0.4) is 0 Å². The molecule has 1 aromatic heterocycles. The fourth-order valence-electron chi connectivity index (χ4n) is 2.51. The van der Waals surface area contributed by atoms with Gasteiger partial charge in [0.1, 0.15) is 5.52 Å². The smallest absolute Gasteiger partial charge is 0.227 e. The number of anilines is 1. The fraction of sp³-hybridized carbons (Fsp3) is 0.263. The monoisotopic (exact) mass is 434 g/mol. The molecule has 0 fully saturated rings. The second-order valence-corrected chi connectivity index (χ2v) is 6.96. The summed E-state index contributed by atoms with van der Waals surface area (Å²) in [7, 11) is 0. The number of carbonyl (C=O) groups is 1. The van der Waals surface area contributed by atoms with Crippen molar-refractivity contribution < 1.29 is 9.21 Å². The van der Waals surface area contributed by atoms with Crippen LogP contribution in [0.5, 0.6) is 0 Å². The number of carbonyl (C=O) groups excluding carboxylic acids is 1. The average Bonchev–Trinajstić information content (AvgIpc) is 2.98. The Kier molecular flexibility index (Phi) is 5.50. The van der Waals surface area contributed by atoms with E-state index in [1.165, 1.54) is 0 Å². The third-order valence-corrected chi connectivity index (χ3v) is 4.42. The van der Waals surface area contributed by atoms with Crippen LogP contribution in [-0.2, 0) is 4.79 Å². The maximum absolute atomic E-state index is 11.9. The van der Waals surface area contributed by atoms with E-state index in [1.807, 2.05) is 42.5 Å². The molecule has 4 nitrogen and oxygen atoms in total. The van der Waals surface area contributed by atoms with Gasteiger partial charge < -0.3 is 9.73 Å². The minimum Gasteiger partial charge on any atom is -0.436 e. The molecule has 0 unspecified atom stereocenters. The minimum absolute atomic E-state index is 0.0455. The van der Waals surface area contributed by atoms with E-state index in [0.717, 1.165) is 39.6 Å². The topological polar surface area (TPSA) is 55.1 Å². The van der Waals surface area contributed by atoms with Crippen molar-refractivity contribution in [3.63, 3.8) is 0 Å². The molecule has 3 aromatic rings. The Bertz CT molecular complexity index is 857. The van der Waals surface area contributed by atoms with E-state index in [-0.39, 0.29) is 5.91 Å². The first-order chi connectivity index (χ1) is 11.7. The van der Waals surface area contributed by atoms with Gasteiger partial charge in [-0.3, -0.25) is 4.79 Å². The zero-order valence-electron chi connectivity index (χ0n) is 13.5. The highest BCUT2D eigenvalue weighted by Crippen LogP contribution is 2.27. The summed E-state index contributed by atoms with van der Waals surface area (Å²) < 4.78 is 6.95. The van der Waals surface area contributed by atoms with Crippen LogP contribution in [0, 0.1) is 3.57 Å². The van der Waals surface area contributed by atoms with E-state index >= 15 is 0 Å². The summed E-state index contributed by atoms with van der Waals surface area (Å²) in [6.45, 7) is 2.13. The molecule has 24 heavy (non-hydrogen) atoms. The number of nitrogens with zero attached hydrogens (tertiary/aromatic N) is 1. The lowest BCUT2D eigenvalue weighted by Crippen LogP contribution is -2.10. The number of amides is 1. The number of hydrogen-bond donors (Lipinski definition) is 1. The highest BCUT2D eigenvalue weighted by molar-refractivity contribution is 14.1. The molecule has 0 bridgehead atoms. The predicted octanol–water partition coefficient (Wildman–Crippen LogP) is 5.62. The molecule has 3 rings (SSSR count). The zero-order valence-corrected chi connectivity index (χ0v) is 15.7. The van der Waals surface area contributed by atoms with Gasteiger partial charge in [-0.15, -0.1) is 0 Å². The number of hydrogen-bond acceptors (Lipinski definition) is 3. The summed E-state index contributed by atoms with van der Waals surface area (Å²) in [5.41, 5.74) is 3.16. The van der Waals surface area contributed by atoms with Gasteiger partial charge in [0.15, 0.2) is 5.58 Å². The molecule has 0 saturated carbocycles. The third kappa shape index (κ3) is 4.14. The lowest BCUT2D eigenvalue weighted by molar-refractivity contribution is -0.116. The maximum atomic E-state index is 11.9. The van der Waals surface area contributed by atoms with Crippen LogP contribution in [0.15, 0.2) is 46.9 Å². The Morgan fingerprint density at radius 3 is 2.88 bits per heavy atom. The van der Waals surface area contributed by atoms with Crippen LogP contribution < -0.4 is 5.32 Å². The van der Waals surface area contributed by atoms with Crippen molar-refractivity contribution in [1.29, 1.82) is 0 Å². The predicted molar refractivity (Wildman–Crippen MR) is 105 cm³/mol. The van der Waals surface area contributed by atoms with Crippen molar-refractivity contribution in [3.8, 4) is 11.5 Å². The Morgan fingerprint density at radius 2 is 2.08 bits per heavy atom. The van der Waals surface area contributed by atoms with Crippen molar-refractivity contribution in [2.75, 3.05) is 5.32 Å². The number of benzene rings is 2. The van der Waals surface area contributed by atoms with Gasteiger partial charge in [0, 0.05) is 21.2 Å². The molecule has 0 aliphatic carbocycles. The van der Waals surface area contributed by atoms with Crippen LogP contribution in [0.2, 0.25) is 0 Å².